The number of aromatic nitrogens is 2. The Morgan fingerprint density at radius 2 is 2.26 bits per heavy atom. The molecular formula is C19H20FN3. The van der Waals surface area contributed by atoms with Gasteiger partial charge < -0.3 is 9.88 Å². The third-order valence-corrected chi connectivity index (χ3v) is 4.72. The summed E-state index contributed by atoms with van der Waals surface area (Å²) < 4.78 is 16.1. The molecule has 1 atom stereocenters. The normalized spacial score (nSPS) is 17.4. The minimum Gasteiger partial charge on any atom is -0.344 e. The van der Waals surface area contributed by atoms with E-state index in [4.69, 9.17) is 0 Å². The van der Waals surface area contributed by atoms with Crippen molar-refractivity contribution in [1.82, 2.24) is 14.9 Å². The highest BCUT2D eigenvalue weighted by Crippen LogP contribution is 2.30. The van der Waals surface area contributed by atoms with Crippen molar-refractivity contribution in [3.05, 3.63) is 65.4 Å². The summed E-state index contributed by atoms with van der Waals surface area (Å²) in [6.07, 6.45) is 5.64. The van der Waals surface area contributed by atoms with Gasteiger partial charge in [-0.25, -0.2) is 4.39 Å². The third-order valence-electron chi connectivity index (χ3n) is 4.72. The van der Waals surface area contributed by atoms with Gasteiger partial charge >= 0.3 is 0 Å². The van der Waals surface area contributed by atoms with E-state index in [1.165, 1.54) is 16.8 Å². The van der Waals surface area contributed by atoms with E-state index in [2.05, 4.69) is 27.9 Å². The first-order chi connectivity index (χ1) is 11.2. The van der Waals surface area contributed by atoms with Crippen LogP contribution < -0.4 is 5.32 Å². The Bertz CT molecular complexity index is 839. The van der Waals surface area contributed by atoms with Gasteiger partial charge in [-0.05, 0) is 48.7 Å². The number of aryl methyl sites for hydroxylation is 2. The average molecular weight is 309 g/mol. The molecule has 0 radical (unpaired) electrons. The summed E-state index contributed by atoms with van der Waals surface area (Å²) in [7, 11) is 0. The Kier molecular flexibility index (Phi) is 3.62. The van der Waals surface area contributed by atoms with Crippen LogP contribution in [-0.4, -0.2) is 15.6 Å². The molecule has 23 heavy (non-hydrogen) atoms. The first kappa shape index (κ1) is 14.4. The van der Waals surface area contributed by atoms with Gasteiger partial charge in [-0.3, -0.25) is 4.98 Å². The summed E-state index contributed by atoms with van der Waals surface area (Å²) >= 11 is 0. The highest BCUT2D eigenvalue weighted by atomic mass is 19.1. The molecule has 4 heteroatoms. The lowest BCUT2D eigenvalue weighted by Crippen LogP contribution is -2.33. The molecule has 0 bridgehead atoms. The number of benzene rings is 1. The number of pyridine rings is 1. The lowest BCUT2D eigenvalue weighted by Gasteiger charge is -2.23. The number of nitrogens with zero attached hydrogens (tertiary/aromatic N) is 2. The maximum absolute atomic E-state index is 13.7. The molecule has 3 heterocycles. The first-order valence-corrected chi connectivity index (χ1v) is 8.14. The minimum atomic E-state index is -0.164. The van der Waals surface area contributed by atoms with Gasteiger partial charge in [0.1, 0.15) is 5.82 Å². The Hall–Kier alpha value is -2.20. The zero-order valence-corrected chi connectivity index (χ0v) is 13.2. The molecule has 0 fully saturated rings. The minimum absolute atomic E-state index is 0.164. The molecule has 3 nitrogen and oxygen atoms in total. The molecule has 0 spiro atoms. The summed E-state index contributed by atoms with van der Waals surface area (Å²) in [4.78, 5) is 4.19. The number of rotatable bonds is 3. The summed E-state index contributed by atoms with van der Waals surface area (Å²) in [6.45, 7) is 3.92. The van der Waals surface area contributed by atoms with Crippen LogP contribution in [0, 0.1) is 5.82 Å². The Labute approximate surface area is 135 Å². The molecule has 2 aromatic heterocycles. The van der Waals surface area contributed by atoms with Gasteiger partial charge in [0.05, 0.1) is 0 Å². The van der Waals surface area contributed by atoms with Crippen LogP contribution in [0.25, 0.3) is 10.9 Å². The molecule has 3 aromatic rings. The number of hydrogen-bond acceptors (Lipinski definition) is 2. The fourth-order valence-corrected chi connectivity index (χ4v) is 3.56. The highest BCUT2D eigenvalue weighted by molar-refractivity contribution is 5.86. The molecule has 0 amide bonds. The van der Waals surface area contributed by atoms with Crippen molar-refractivity contribution in [2.45, 2.75) is 38.9 Å². The number of hydrogen-bond donors (Lipinski definition) is 1. The van der Waals surface area contributed by atoms with E-state index in [9.17, 15) is 4.39 Å². The van der Waals surface area contributed by atoms with Crippen molar-refractivity contribution < 1.29 is 4.39 Å². The van der Waals surface area contributed by atoms with Crippen molar-refractivity contribution in [3.63, 3.8) is 0 Å². The van der Waals surface area contributed by atoms with Crippen molar-refractivity contribution in [2.75, 3.05) is 0 Å². The summed E-state index contributed by atoms with van der Waals surface area (Å²) in [6, 6.07) is 9.68. The largest absolute Gasteiger partial charge is 0.344 e. The summed E-state index contributed by atoms with van der Waals surface area (Å²) in [5.41, 5.74) is 4.97. The van der Waals surface area contributed by atoms with Crippen LogP contribution in [0.15, 0.2) is 42.7 Å². The van der Waals surface area contributed by atoms with Gasteiger partial charge in [-0.1, -0.05) is 6.07 Å². The van der Waals surface area contributed by atoms with Gasteiger partial charge in [0.25, 0.3) is 0 Å². The molecule has 1 aliphatic heterocycles. The number of fused-ring (bicyclic) bond motifs is 3. The summed E-state index contributed by atoms with van der Waals surface area (Å²) in [5.74, 6) is -0.164. The maximum atomic E-state index is 13.7. The third kappa shape index (κ3) is 2.63. The monoisotopic (exact) mass is 309 g/mol. The van der Waals surface area contributed by atoms with E-state index in [0.29, 0.717) is 6.04 Å². The second-order valence-corrected chi connectivity index (χ2v) is 6.34. The number of halogens is 1. The van der Waals surface area contributed by atoms with E-state index in [0.717, 1.165) is 36.8 Å². The van der Waals surface area contributed by atoms with Crippen molar-refractivity contribution >= 4 is 10.9 Å². The van der Waals surface area contributed by atoms with Crippen LogP contribution in [0.4, 0.5) is 4.39 Å². The second kappa shape index (κ2) is 5.78. The smallest absolute Gasteiger partial charge is 0.123 e. The van der Waals surface area contributed by atoms with E-state index < -0.39 is 0 Å². The van der Waals surface area contributed by atoms with Crippen LogP contribution in [0.3, 0.4) is 0 Å². The molecule has 1 N–H and O–H groups in total. The predicted octanol–water partition coefficient (Wildman–Crippen LogP) is 3.45. The quantitative estimate of drug-likeness (QED) is 0.803. The van der Waals surface area contributed by atoms with Crippen LogP contribution in [0.2, 0.25) is 0 Å². The van der Waals surface area contributed by atoms with Crippen molar-refractivity contribution in [1.29, 1.82) is 0 Å². The molecule has 1 aromatic carbocycles. The standard InChI is InChI=1S/C19H20FN3/c1-13-9-19-17(12-22-13)16-10-15(20)4-5-18(16)23(19)8-6-14-3-2-7-21-11-14/h2-5,7,10-11,13,22H,6,8-9,12H2,1H3. The molecule has 0 saturated carbocycles. The lowest BCUT2D eigenvalue weighted by atomic mass is 10.0. The number of nitrogens with one attached hydrogen (secondary N) is 1. The molecule has 118 valence electrons. The first-order valence-electron chi connectivity index (χ1n) is 8.14. The van der Waals surface area contributed by atoms with Crippen LogP contribution in [0.5, 0.6) is 0 Å². The Morgan fingerprint density at radius 3 is 3.09 bits per heavy atom. The topological polar surface area (TPSA) is 29.9 Å². The van der Waals surface area contributed by atoms with Gasteiger partial charge in [0.15, 0.2) is 0 Å². The fraction of sp³-hybridized carbons (Fsp3) is 0.316. The van der Waals surface area contributed by atoms with Gasteiger partial charge in [-0.2, -0.15) is 0 Å². The van der Waals surface area contributed by atoms with E-state index >= 15 is 0 Å². The second-order valence-electron chi connectivity index (χ2n) is 6.34. The SMILES string of the molecule is CC1Cc2c(c3cc(F)ccc3n2CCc2cccnc2)CN1. The Balaban J connectivity index is 1.77. The van der Waals surface area contributed by atoms with E-state index in [1.54, 1.807) is 18.3 Å². The van der Waals surface area contributed by atoms with Gasteiger partial charge in [0.2, 0.25) is 0 Å². The molecular weight excluding hydrogens is 289 g/mol. The summed E-state index contributed by atoms with van der Waals surface area (Å²) in [5, 5.41) is 4.54. The van der Waals surface area contributed by atoms with Gasteiger partial charge in [0, 0.05) is 54.5 Å². The van der Waals surface area contributed by atoms with Gasteiger partial charge in [-0.15, -0.1) is 0 Å². The van der Waals surface area contributed by atoms with Crippen LogP contribution in [-0.2, 0) is 25.9 Å². The Morgan fingerprint density at radius 1 is 1.35 bits per heavy atom. The van der Waals surface area contributed by atoms with E-state index in [1.807, 2.05) is 18.3 Å². The van der Waals surface area contributed by atoms with Crippen molar-refractivity contribution in [2.24, 2.45) is 0 Å². The van der Waals surface area contributed by atoms with Crippen LogP contribution >= 0.6 is 0 Å². The lowest BCUT2D eigenvalue weighted by molar-refractivity contribution is 0.492. The zero-order chi connectivity index (χ0) is 15.8. The van der Waals surface area contributed by atoms with E-state index in [-0.39, 0.29) is 5.82 Å². The predicted molar refractivity (Wildman–Crippen MR) is 89.8 cm³/mol. The molecule has 0 saturated heterocycles. The molecule has 1 unspecified atom stereocenters. The highest BCUT2D eigenvalue weighted by Gasteiger charge is 2.23. The van der Waals surface area contributed by atoms with Crippen LogP contribution in [0.1, 0.15) is 23.7 Å². The fourth-order valence-electron chi connectivity index (χ4n) is 3.56. The average Bonchev–Trinajstić information content (AvgIpc) is 2.86. The van der Waals surface area contributed by atoms with Crippen molar-refractivity contribution in [3.8, 4) is 0 Å². The molecule has 1 aliphatic rings. The molecule has 0 aliphatic carbocycles. The maximum Gasteiger partial charge on any atom is 0.123 e. The zero-order valence-electron chi connectivity index (χ0n) is 13.2. The molecule has 4 rings (SSSR count).